The molecule has 1 spiro atoms. The average molecular weight is 540 g/mol. The molecule has 1 aromatic carbocycles. The van der Waals surface area contributed by atoms with Crippen LogP contribution in [-0.2, 0) is 26.3 Å². The van der Waals surface area contributed by atoms with Crippen molar-refractivity contribution in [2.24, 2.45) is 0 Å². The first-order valence-electron chi connectivity index (χ1n) is 12.5. The zero-order valence-electron chi connectivity index (χ0n) is 20.8. The van der Waals surface area contributed by atoms with Crippen LogP contribution < -0.4 is 0 Å². The van der Waals surface area contributed by atoms with E-state index < -0.39 is 12.1 Å². The summed E-state index contributed by atoms with van der Waals surface area (Å²) in [5, 5.41) is 10.5. The number of halogens is 3. The Morgan fingerprint density at radius 1 is 1.16 bits per heavy atom. The summed E-state index contributed by atoms with van der Waals surface area (Å²) in [7, 11) is 0. The van der Waals surface area contributed by atoms with E-state index in [1.165, 1.54) is 29.7 Å². The highest BCUT2D eigenvalue weighted by Crippen LogP contribution is 2.52. The molecule has 37 heavy (non-hydrogen) atoms. The molecule has 11 heteroatoms. The third-order valence-electron chi connectivity index (χ3n) is 7.50. The van der Waals surface area contributed by atoms with E-state index in [0.717, 1.165) is 44.2 Å². The van der Waals surface area contributed by atoms with E-state index >= 15 is 0 Å². The van der Waals surface area contributed by atoms with Crippen molar-refractivity contribution < 1.29 is 32.6 Å². The van der Waals surface area contributed by atoms with Crippen molar-refractivity contribution >= 4 is 23.2 Å². The first-order chi connectivity index (χ1) is 17.6. The number of hydrogen-bond donors (Lipinski definition) is 1. The molecule has 202 valence electrons. The summed E-state index contributed by atoms with van der Waals surface area (Å²) in [6.07, 6.45) is -0.975. The van der Waals surface area contributed by atoms with Crippen LogP contribution in [-0.4, -0.2) is 77.3 Å². The number of ether oxygens (including phenoxy) is 1. The van der Waals surface area contributed by atoms with Crippen LogP contribution >= 0.6 is 11.3 Å². The molecule has 1 atom stereocenters. The average Bonchev–Trinajstić information content (AvgIpc) is 3.42. The molecule has 2 aliphatic heterocycles. The maximum atomic E-state index is 12.9. The summed E-state index contributed by atoms with van der Waals surface area (Å²) in [5.41, 5.74) is 4.37. The highest BCUT2D eigenvalue weighted by Gasteiger charge is 2.46. The summed E-state index contributed by atoms with van der Waals surface area (Å²) in [4.78, 5) is 31.0. The van der Waals surface area contributed by atoms with Gasteiger partial charge in [0.2, 0.25) is 5.91 Å². The number of benzene rings is 1. The van der Waals surface area contributed by atoms with Gasteiger partial charge in [-0.1, -0.05) is 24.3 Å². The number of aliphatic carboxylic acids is 1. The normalized spacial score (nSPS) is 21.3. The summed E-state index contributed by atoms with van der Waals surface area (Å²) < 4.78 is 37.2. The van der Waals surface area contributed by atoms with Crippen LogP contribution in [0.4, 0.5) is 13.2 Å². The number of alkyl halides is 3. The second-order valence-electron chi connectivity index (χ2n) is 9.90. The smallest absolute Gasteiger partial charge is 0.475 e. The largest absolute Gasteiger partial charge is 0.490 e. The molecule has 2 fully saturated rings. The van der Waals surface area contributed by atoms with Crippen molar-refractivity contribution in [3.8, 4) is 0 Å². The Hall–Kier alpha value is -2.50. The molecule has 1 aliphatic carbocycles. The van der Waals surface area contributed by atoms with E-state index in [2.05, 4.69) is 46.5 Å². The van der Waals surface area contributed by atoms with Gasteiger partial charge in [0.05, 0.1) is 23.9 Å². The highest BCUT2D eigenvalue weighted by atomic mass is 32.1. The monoisotopic (exact) mass is 539 g/mol. The van der Waals surface area contributed by atoms with Gasteiger partial charge in [-0.25, -0.2) is 9.78 Å². The van der Waals surface area contributed by atoms with Gasteiger partial charge in [-0.2, -0.15) is 13.2 Å². The van der Waals surface area contributed by atoms with E-state index in [0.29, 0.717) is 31.5 Å². The summed E-state index contributed by atoms with van der Waals surface area (Å²) in [5.74, 6) is -2.11. The molecule has 1 N–H and O–H groups in total. The highest BCUT2D eigenvalue weighted by molar-refractivity contribution is 7.09. The lowest BCUT2D eigenvalue weighted by Gasteiger charge is -2.40. The molecule has 1 aromatic heterocycles. The molecule has 3 aliphatic rings. The molecular weight excluding hydrogens is 507 g/mol. The first kappa shape index (κ1) is 27.5. The Labute approximate surface area is 218 Å². The molecule has 2 aromatic rings. The first-order valence-corrected chi connectivity index (χ1v) is 13.3. The number of aromatic nitrogens is 1. The van der Waals surface area contributed by atoms with E-state index in [4.69, 9.17) is 14.6 Å². The van der Waals surface area contributed by atoms with Gasteiger partial charge in [-0.15, -0.1) is 11.3 Å². The van der Waals surface area contributed by atoms with Gasteiger partial charge in [0.1, 0.15) is 0 Å². The predicted molar refractivity (Wildman–Crippen MR) is 133 cm³/mol. The van der Waals surface area contributed by atoms with Crippen LogP contribution in [0.25, 0.3) is 0 Å². The molecule has 3 heterocycles. The number of aryl methyl sites for hydroxylation is 1. The van der Waals surface area contributed by atoms with Crippen molar-refractivity contribution in [2.75, 3.05) is 39.4 Å². The standard InChI is InChI=1S/C24H31N3O2S.C2HF3O2/c1-18-25-20(17-30-18)16-26-8-6-24(7-9-26)15-19(21-4-2-3-5-22(21)24)14-23(28)27-10-12-29-13-11-27;3-2(4,5)1(6)7/h2-5,17,19H,6-16H2,1H3;(H,6,7). The Morgan fingerprint density at radius 2 is 1.81 bits per heavy atom. The number of carbonyl (C=O) groups is 2. The third kappa shape index (κ3) is 6.69. The Kier molecular flexibility index (Phi) is 8.55. The fourth-order valence-electron chi connectivity index (χ4n) is 5.68. The topological polar surface area (TPSA) is 83.0 Å². The molecule has 5 rings (SSSR count). The van der Waals surface area contributed by atoms with Crippen LogP contribution in [0.2, 0.25) is 0 Å². The predicted octanol–water partition coefficient (Wildman–Crippen LogP) is 4.35. The number of morpholine rings is 1. The molecule has 1 unspecified atom stereocenters. The van der Waals surface area contributed by atoms with E-state index in [1.54, 1.807) is 11.3 Å². The lowest BCUT2D eigenvalue weighted by Crippen LogP contribution is -2.42. The Morgan fingerprint density at radius 3 is 2.41 bits per heavy atom. The van der Waals surface area contributed by atoms with Crippen LogP contribution in [0.15, 0.2) is 29.6 Å². The Balaban J connectivity index is 0.000000405. The third-order valence-corrected chi connectivity index (χ3v) is 8.32. The minimum atomic E-state index is -5.08. The number of fused-ring (bicyclic) bond motifs is 2. The number of carboxylic acid groups (broad SMARTS) is 1. The van der Waals surface area contributed by atoms with Gasteiger partial charge in [0.15, 0.2) is 0 Å². The van der Waals surface area contributed by atoms with E-state index in [1.807, 2.05) is 4.90 Å². The summed E-state index contributed by atoms with van der Waals surface area (Å²) >= 11 is 1.74. The molecular formula is C26H32F3N3O4S. The van der Waals surface area contributed by atoms with Crippen molar-refractivity contribution in [2.45, 2.75) is 56.7 Å². The van der Waals surface area contributed by atoms with Crippen LogP contribution in [0.1, 0.15) is 53.4 Å². The minimum Gasteiger partial charge on any atom is -0.475 e. The van der Waals surface area contributed by atoms with Gasteiger partial charge in [-0.3, -0.25) is 9.69 Å². The summed E-state index contributed by atoms with van der Waals surface area (Å²) in [6, 6.07) is 8.92. The zero-order valence-corrected chi connectivity index (χ0v) is 21.6. The Bertz CT molecular complexity index is 1090. The van der Waals surface area contributed by atoms with E-state index in [-0.39, 0.29) is 5.41 Å². The summed E-state index contributed by atoms with van der Waals surface area (Å²) in [6.45, 7) is 8.07. The molecule has 1 amide bonds. The van der Waals surface area contributed by atoms with Crippen molar-refractivity contribution in [1.29, 1.82) is 0 Å². The number of thiazole rings is 1. The second kappa shape index (κ2) is 11.5. The molecule has 2 saturated heterocycles. The fourth-order valence-corrected chi connectivity index (χ4v) is 6.29. The molecule has 0 bridgehead atoms. The SMILES string of the molecule is Cc1nc(CN2CCC3(CC2)CC(CC(=O)N2CCOCC2)c2ccccc23)cs1.O=C(O)C(F)(F)F. The van der Waals surface area contributed by atoms with Gasteiger partial charge >= 0.3 is 12.1 Å². The number of carbonyl (C=O) groups excluding carboxylic acids is 1. The zero-order chi connectivity index (χ0) is 26.6. The number of likely N-dealkylation sites (tertiary alicyclic amines) is 1. The number of amides is 1. The number of hydrogen-bond acceptors (Lipinski definition) is 6. The number of nitrogens with zero attached hydrogens (tertiary/aromatic N) is 3. The van der Waals surface area contributed by atoms with Gasteiger partial charge < -0.3 is 14.7 Å². The number of rotatable bonds is 4. The van der Waals surface area contributed by atoms with Crippen LogP contribution in [0.3, 0.4) is 0 Å². The van der Waals surface area contributed by atoms with E-state index in [9.17, 15) is 18.0 Å². The molecule has 0 saturated carbocycles. The molecule has 7 nitrogen and oxygen atoms in total. The van der Waals surface area contributed by atoms with Crippen molar-refractivity contribution in [3.63, 3.8) is 0 Å². The van der Waals surface area contributed by atoms with Crippen LogP contribution in [0, 0.1) is 6.92 Å². The fraction of sp³-hybridized carbons (Fsp3) is 0.577. The van der Waals surface area contributed by atoms with Crippen LogP contribution in [0.5, 0.6) is 0 Å². The quantitative estimate of drug-likeness (QED) is 0.622. The van der Waals surface area contributed by atoms with Gasteiger partial charge in [0.25, 0.3) is 0 Å². The lowest BCUT2D eigenvalue weighted by molar-refractivity contribution is -0.192. The van der Waals surface area contributed by atoms with Crippen molar-refractivity contribution in [1.82, 2.24) is 14.8 Å². The van der Waals surface area contributed by atoms with Gasteiger partial charge in [-0.05, 0) is 61.7 Å². The van der Waals surface area contributed by atoms with Gasteiger partial charge in [0, 0.05) is 31.4 Å². The maximum absolute atomic E-state index is 12.9. The molecule has 0 radical (unpaired) electrons. The second-order valence-corrected chi connectivity index (χ2v) is 11.0. The lowest BCUT2D eigenvalue weighted by atomic mass is 9.73. The number of carboxylic acids is 1. The minimum absolute atomic E-state index is 0.237. The number of piperidine rings is 1. The van der Waals surface area contributed by atoms with Crippen molar-refractivity contribution in [3.05, 3.63) is 51.5 Å². The maximum Gasteiger partial charge on any atom is 0.490 e.